The van der Waals surface area contributed by atoms with Crippen LogP contribution in [0.15, 0.2) is 97.7 Å². The zero-order valence-electron chi connectivity index (χ0n) is 84.4. The van der Waals surface area contributed by atoms with Crippen molar-refractivity contribution >= 4 is 101 Å². The number of ether oxygens (including phenoxy) is 24. The molecule has 0 aromatic heterocycles. The lowest BCUT2D eigenvalue weighted by Gasteiger charge is -2.31. The summed E-state index contributed by atoms with van der Waals surface area (Å²) in [6.45, 7) is 43.2. The van der Waals surface area contributed by atoms with Crippen LogP contribution < -0.4 is 0 Å². The molecule has 16 bridgehead atoms. The molecule has 20 rings (SSSR count). The van der Waals surface area contributed by atoms with Crippen LogP contribution in [0, 0.1) is 82.9 Å². The van der Waals surface area contributed by atoms with Gasteiger partial charge in [-0.3, -0.25) is 33.6 Å². The van der Waals surface area contributed by atoms with Gasteiger partial charge in [-0.15, -0.1) is 0 Å². The molecule has 20 aliphatic rings. The average molecular weight is 2050 g/mol. The van der Waals surface area contributed by atoms with Crippen LogP contribution in [-0.4, -0.2) is 296 Å². The van der Waals surface area contributed by atoms with Gasteiger partial charge >= 0.3 is 101 Å². The normalized spacial score (nSPS) is 35.4. The summed E-state index contributed by atoms with van der Waals surface area (Å²) in [6.07, 6.45) is 15.4. The molecule has 16 heterocycles. The van der Waals surface area contributed by atoms with Crippen LogP contribution in [0.1, 0.15) is 178 Å². The second kappa shape index (κ2) is 49.2. The van der Waals surface area contributed by atoms with E-state index in [4.69, 9.17) is 114 Å². The molecule has 0 spiro atoms. The Hall–Kier alpha value is -11.4. The first-order chi connectivity index (χ1) is 69.3. The van der Waals surface area contributed by atoms with Gasteiger partial charge in [0.25, 0.3) is 0 Å². The number of rotatable bonds is 33. The predicted octanol–water partition coefficient (Wildman–Crippen LogP) is 7.79. The molecule has 4 aliphatic carbocycles. The fraction of sp³-hybridized carbons (Fsp3) is 0.686. The van der Waals surface area contributed by atoms with Gasteiger partial charge in [0.1, 0.15) is 68.1 Å². The summed E-state index contributed by atoms with van der Waals surface area (Å²) < 4.78 is 126. The maximum atomic E-state index is 12.0. The van der Waals surface area contributed by atoms with E-state index in [9.17, 15) is 81.5 Å². The third-order valence-corrected chi connectivity index (χ3v) is 30.3. The quantitative estimate of drug-likeness (QED) is 0.0262. The Morgan fingerprint density at radius 3 is 1.25 bits per heavy atom. The van der Waals surface area contributed by atoms with E-state index in [2.05, 4.69) is 66.5 Å². The highest BCUT2D eigenvalue weighted by molar-refractivity contribution is 5.92. The monoisotopic (exact) mass is 2050 g/mol. The van der Waals surface area contributed by atoms with Gasteiger partial charge in [0, 0.05) is 87.5 Å². The summed E-state index contributed by atoms with van der Waals surface area (Å²) in [6, 6.07) is 0. The minimum absolute atomic E-state index is 0.0261. The topological polar surface area (TPSA) is 512 Å². The summed E-state index contributed by atoms with van der Waals surface area (Å²) in [5.41, 5.74) is 2.38. The highest BCUT2D eigenvalue weighted by atomic mass is 16.7. The third kappa shape index (κ3) is 26.1. The molecule has 0 radical (unpaired) electrons. The number of fused-ring (bicyclic) bond motifs is 12. The van der Waals surface area contributed by atoms with Crippen molar-refractivity contribution in [2.75, 3.05) is 60.5 Å². The molecule has 41 nitrogen and oxygen atoms in total. The first kappa shape index (κ1) is 112. The van der Waals surface area contributed by atoms with E-state index in [1.54, 1.807) is 34.6 Å². The van der Waals surface area contributed by atoms with E-state index in [1.807, 2.05) is 0 Å². The van der Waals surface area contributed by atoms with Crippen LogP contribution in [0.2, 0.25) is 0 Å². The Labute approximate surface area is 846 Å². The number of methoxy groups -OCH3 is 2. The van der Waals surface area contributed by atoms with Crippen molar-refractivity contribution in [3.8, 4) is 0 Å². The molecular weight excluding hydrogens is 1920 g/mol. The summed E-state index contributed by atoms with van der Waals surface area (Å²) >= 11 is 0. The van der Waals surface area contributed by atoms with Gasteiger partial charge in [0.15, 0.2) is 31.5 Å². The van der Waals surface area contributed by atoms with Crippen LogP contribution >= 0.6 is 0 Å². The summed E-state index contributed by atoms with van der Waals surface area (Å²) in [7, 11) is 2.58. The van der Waals surface area contributed by atoms with Gasteiger partial charge in [0.05, 0.1) is 137 Å². The van der Waals surface area contributed by atoms with Crippen molar-refractivity contribution in [1.82, 2.24) is 0 Å². The van der Waals surface area contributed by atoms with Crippen molar-refractivity contribution < 1.29 is 195 Å². The standard InChI is InChI=1S/C16H18O8.C15H18O6.C14H22O3.C13H16O6.C13H18O5.C12H16O5.C12H18O3.C10H10O5/c1-6(2)14(18)22-5-9(17)23-12-7-4-8-11(10(7)15(19)21-3)16(20)24-13(8)12;1-6(2)13(16)20-5-9-7-4-8-11(10(7)14(17)19-3)15(18)21-12(8)9;1-8(2)13(17-14(15)9(3)4)11-7-10-5-6-12(11)16-10;1-6(2)12(14)17-4-3-16-10-8-5-7-9(18-8)11(10)19-13(7)15;1-8(2)13(15)16-6-5-12(14)18-11-7-9-3-4-10(11)17-9;1-7(2)12(14)15-6-11(13)17-10-5-8-3-4-9(10)16-8;1-8(2)12(13)14-6-5-9-7-10-3-4-11(9)15-10;1-2-6(11)14-8-5-3-4-7(13-5)9(8)15-10(4)12/h7-8,10-13H,1,4-5H2,2-3H3;7-12H,1,4-5H2,2-3H3;8,10-13H,3,5-7H2,1-2,4H3;7-11H,1,3-5H2,2H3;9-11H,1,3-7H2,2H3;8-10H,1,3-6H2,2H3;9-11H,1,3-7H2,2H3;2,4-5,7-9H,1,3H2. The molecule has 0 N–H and O–H groups in total. The van der Waals surface area contributed by atoms with Crippen LogP contribution in [0.3, 0.4) is 0 Å². The molecule has 0 aromatic rings. The SMILES string of the molecule is C=C(C)C(=O)OC(C(C)C)C1CC2CCC1O2.C=C(C)C(=O)OCC(=O)OC1C2CC3C1OC(=O)C3C2C(=O)OC.C=C(C)C(=O)OCC(=O)OC1CC2CCC1O2.C=C(C)C(=O)OCC1C2CC3C1OC(=O)C3C2C(=O)OC.C=C(C)C(=O)OCCC(=O)OC1CC2CCC1O2.C=C(C)C(=O)OCCC1CC2CCC1O2.C=C(C)C(=O)OCCOC1C2CC3C(=O)OC1C3O2.C=CC(=O)OC1C2CC3C(=O)OC1C3O2. The van der Waals surface area contributed by atoms with E-state index in [-0.39, 0.29) is 225 Å². The predicted molar refractivity (Wildman–Crippen MR) is 498 cm³/mol. The second-order valence-electron chi connectivity index (χ2n) is 41.1. The van der Waals surface area contributed by atoms with Crippen molar-refractivity contribution in [3.05, 3.63) is 97.7 Å². The number of carbonyl (C=O) groups is 17. The second-order valence-corrected chi connectivity index (χ2v) is 41.1. The molecule has 16 aliphatic heterocycles. The fourth-order valence-corrected chi connectivity index (χ4v) is 23.5. The first-order valence-corrected chi connectivity index (χ1v) is 50.1. The fourth-order valence-electron chi connectivity index (χ4n) is 23.5. The zero-order valence-corrected chi connectivity index (χ0v) is 84.4. The van der Waals surface area contributed by atoms with Gasteiger partial charge in [-0.2, -0.15) is 0 Å². The Morgan fingerprint density at radius 1 is 0.370 bits per heavy atom. The van der Waals surface area contributed by atoms with E-state index in [0.717, 1.165) is 76.7 Å². The molecule has 0 amide bonds. The Kier molecular flexibility index (Phi) is 37.7. The maximum Gasteiger partial charge on any atom is 0.344 e. The number of hydrogen-bond acceptors (Lipinski definition) is 41. The van der Waals surface area contributed by atoms with E-state index >= 15 is 0 Å². The van der Waals surface area contributed by atoms with Crippen LogP contribution in [0.4, 0.5) is 0 Å². The number of esters is 17. The molecule has 802 valence electrons. The molecule has 41 heteroatoms. The Balaban J connectivity index is 0.000000140. The van der Waals surface area contributed by atoms with Crippen molar-refractivity contribution in [1.29, 1.82) is 0 Å². The number of carbonyl (C=O) groups excluding carboxylic acids is 17. The summed E-state index contributed by atoms with van der Waals surface area (Å²) in [5.74, 6) is -9.01. The smallest absolute Gasteiger partial charge is 0.344 e. The number of hydrogen-bond donors (Lipinski definition) is 0. The van der Waals surface area contributed by atoms with E-state index in [1.165, 1.54) is 47.3 Å². The largest absolute Gasteiger partial charge is 0.469 e. The molecule has 35 unspecified atom stereocenters. The zero-order chi connectivity index (χ0) is 106. The van der Waals surface area contributed by atoms with Crippen molar-refractivity contribution in [2.24, 2.45) is 82.9 Å². The molecule has 146 heavy (non-hydrogen) atoms. The minimum atomic E-state index is -0.759. The maximum absolute atomic E-state index is 12.0. The minimum Gasteiger partial charge on any atom is -0.469 e. The molecule has 16 saturated heterocycles. The van der Waals surface area contributed by atoms with Crippen LogP contribution in [0.25, 0.3) is 0 Å². The van der Waals surface area contributed by atoms with Crippen molar-refractivity contribution in [3.63, 3.8) is 0 Å². The first-order valence-electron chi connectivity index (χ1n) is 50.1. The lowest BCUT2D eigenvalue weighted by molar-refractivity contribution is -0.171. The third-order valence-electron chi connectivity index (χ3n) is 30.3. The average Bonchev–Trinajstić information content (AvgIpc) is 1.55. The van der Waals surface area contributed by atoms with Crippen LogP contribution in [0.5, 0.6) is 0 Å². The van der Waals surface area contributed by atoms with Crippen LogP contribution in [-0.2, 0) is 195 Å². The Morgan fingerprint density at radius 2 is 0.788 bits per heavy atom. The van der Waals surface area contributed by atoms with Crippen molar-refractivity contribution in [2.45, 2.75) is 312 Å². The van der Waals surface area contributed by atoms with Gasteiger partial charge in [-0.05, 0) is 163 Å². The van der Waals surface area contributed by atoms with Gasteiger partial charge in [-0.25, -0.2) is 47.9 Å². The molecular formula is C105H136O41. The van der Waals surface area contributed by atoms with Gasteiger partial charge < -0.3 is 114 Å². The molecule has 20 fully saturated rings. The summed E-state index contributed by atoms with van der Waals surface area (Å²) in [4.78, 5) is 196. The van der Waals surface area contributed by atoms with Gasteiger partial charge in [0.2, 0.25) is 0 Å². The lowest BCUT2D eigenvalue weighted by atomic mass is 9.74. The van der Waals surface area contributed by atoms with Gasteiger partial charge in [-0.1, -0.05) is 66.5 Å². The highest BCUT2D eigenvalue weighted by Gasteiger charge is 2.72. The van der Waals surface area contributed by atoms with E-state index < -0.39 is 108 Å². The van der Waals surface area contributed by atoms with E-state index in [0.29, 0.717) is 95.9 Å². The molecule has 35 atom stereocenters. The summed E-state index contributed by atoms with van der Waals surface area (Å²) in [5, 5.41) is 0. The lowest BCUT2D eigenvalue weighted by Crippen LogP contribution is -2.44. The highest BCUT2D eigenvalue weighted by Crippen LogP contribution is 2.62. The molecule has 0 aromatic carbocycles. The molecule has 4 saturated carbocycles. The Bertz CT molecular complexity index is 5040.